The maximum absolute atomic E-state index is 12.7. The monoisotopic (exact) mass is 397 g/mol. The number of hydrogen-bond acceptors (Lipinski definition) is 6. The molecule has 2 aliphatic rings. The molecule has 0 aliphatic carbocycles. The lowest BCUT2D eigenvalue weighted by Gasteiger charge is -2.34. The van der Waals surface area contributed by atoms with Gasteiger partial charge in [-0.05, 0) is 50.1 Å². The summed E-state index contributed by atoms with van der Waals surface area (Å²) in [4.78, 5) is 27.4. The van der Waals surface area contributed by atoms with Crippen LogP contribution in [0, 0.1) is 5.92 Å². The number of anilines is 3. The molecular formula is C21H27N5OS. The van der Waals surface area contributed by atoms with Gasteiger partial charge in [0.15, 0.2) is 5.82 Å². The van der Waals surface area contributed by atoms with Crippen molar-refractivity contribution in [1.29, 1.82) is 0 Å². The predicted molar refractivity (Wildman–Crippen MR) is 115 cm³/mol. The summed E-state index contributed by atoms with van der Waals surface area (Å²) < 4.78 is 0. The standard InChI is InChI=1S/C21H27N5OS/c1-28-18-6-4-5-17(13-18)24-21(27)16-7-11-25(12-8-16)19-14-22-15-23-20(19)26-9-2-3-10-26/h4-6,13-16H,2-3,7-12H2,1H3,(H,24,27). The molecule has 2 saturated heterocycles. The topological polar surface area (TPSA) is 61.4 Å². The van der Waals surface area contributed by atoms with Crippen molar-refractivity contribution in [2.45, 2.75) is 30.6 Å². The summed E-state index contributed by atoms with van der Waals surface area (Å²) in [5.74, 6) is 1.22. The number of benzene rings is 1. The van der Waals surface area contributed by atoms with E-state index in [1.807, 2.05) is 30.7 Å². The molecule has 3 heterocycles. The number of thioether (sulfide) groups is 1. The Morgan fingerprint density at radius 2 is 1.93 bits per heavy atom. The molecule has 0 atom stereocenters. The molecule has 0 radical (unpaired) electrons. The molecule has 2 aliphatic heterocycles. The van der Waals surface area contributed by atoms with E-state index in [4.69, 9.17) is 0 Å². The average Bonchev–Trinajstić information content (AvgIpc) is 3.29. The molecule has 7 heteroatoms. The molecule has 1 amide bonds. The quantitative estimate of drug-likeness (QED) is 0.777. The van der Waals surface area contributed by atoms with Crippen molar-refractivity contribution in [1.82, 2.24) is 9.97 Å². The third kappa shape index (κ3) is 4.24. The fraction of sp³-hybridized carbons (Fsp3) is 0.476. The highest BCUT2D eigenvalue weighted by Gasteiger charge is 2.28. The Bertz CT molecular complexity index is 816. The highest BCUT2D eigenvalue weighted by molar-refractivity contribution is 7.98. The van der Waals surface area contributed by atoms with E-state index < -0.39 is 0 Å². The van der Waals surface area contributed by atoms with Gasteiger partial charge in [0.25, 0.3) is 0 Å². The number of carbonyl (C=O) groups excluding carboxylic acids is 1. The van der Waals surface area contributed by atoms with Crippen molar-refractivity contribution in [3.63, 3.8) is 0 Å². The molecule has 28 heavy (non-hydrogen) atoms. The minimum Gasteiger partial charge on any atom is -0.367 e. The van der Waals surface area contributed by atoms with Gasteiger partial charge in [-0.15, -0.1) is 11.8 Å². The van der Waals surface area contributed by atoms with Crippen LogP contribution in [0.25, 0.3) is 0 Å². The normalized spacial score (nSPS) is 17.8. The zero-order valence-electron chi connectivity index (χ0n) is 16.3. The van der Waals surface area contributed by atoms with Crippen LogP contribution in [0.4, 0.5) is 17.2 Å². The number of hydrogen-bond donors (Lipinski definition) is 1. The summed E-state index contributed by atoms with van der Waals surface area (Å²) in [6, 6.07) is 8.02. The summed E-state index contributed by atoms with van der Waals surface area (Å²) in [7, 11) is 0. The number of rotatable bonds is 5. The van der Waals surface area contributed by atoms with E-state index in [1.54, 1.807) is 18.1 Å². The Kier molecular flexibility index (Phi) is 6.00. The molecule has 1 aromatic carbocycles. The Morgan fingerprint density at radius 3 is 2.68 bits per heavy atom. The van der Waals surface area contributed by atoms with Crippen molar-refractivity contribution in [3.05, 3.63) is 36.8 Å². The maximum Gasteiger partial charge on any atom is 0.227 e. The van der Waals surface area contributed by atoms with Gasteiger partial charge in [-0.1, -0.05) is 6.07 Å². The highest BCUT2D eigenvalue weighted by Crippen LogP contribution is 2.32. The lowest BCUT2D eigenvalue weighted by atomic mass is 9.95. The van der Waals surface area contributed by atoms with Crippen LogP contribution in [-0.2, 0) is 4.79 Å². The van der Waals surface area contributed by atoms with Gasteiger partial charge in [-0.3, -0.25) is 4.79 Å². The van der Waals surface area contributed by atoms with Crippen LogP contribution in [0.2, 0.25) is 0 Å². The van der Waals surface area contributed by atoms with Crippen LogP contribution >= 0.6 is 11.8 Å². The maximum atomic E-state index is 12.7. The SMILES string of the molecule is CSc1cccc(NC(=O)C2CCN(c3cncnc3N3CCCC3)CC2)c1. The first-order chi connectivity index (χ1) is 13.7. The minimum absolute atomic E-state index is 0.0500. The van der Waals surface area contributed by atoms with E-state index in [-0.39, 0.29) is 11.8 Å². The smallest absolute Gasteiger partial charge is 0.227 e. The Morgan fingerprint density at radius 1 is 1.14 bits per heavy atom. The molecule has 4 rings (SSSR count). The molecule has 1 aromatic heterocycles. The van der Waals surface area contributed by atoms with Crippen molar-refractivity contribution in [3.8, 4) is 0 Å². The second-order valence-electron chi connectivity index (χ2n) is 7.41. The van der Waals surface area contributed by atoms with Gasteiger partial charge in [0.1, 0.15) is 6.33 Å². The van der Waals surface area contributed by atoms with Gasteiger partial charge >= 0.3 is 0 Å². The lowest BCUT2D eigenvalue weighted by molar-refractivity contribution is -0.120. The van der Waals surface area contributed by atoms with E-state index >= 15 is 0 Å². The van der Waals surface area contributed by atoms with Gasteiger partial charge < -0.3 is 15.1 Å². The van der Waals surface area contributed by atoms with E-state index in [0.29, 0.717) is 0 Å². The fourth-order valence-electron chi connectivity index (χ4n) is 4.04. The van der Waals surface area contributed by atoms with Crippen LogP contribution in [-0.4, -0.2) is 48.3 Å². The molecule has 6 nitrogen and oxygen atoms in total. The molecule has 1 N–H and O–H groups in total. The molecule has 0 bridgehead atoms. The largest absolute Gasteiger partial charge is 0.367 e. The van der Waals surface area contributed by atoms with Gasteiger partial charge in [-0.2, -0.15) is 0 Å². The third-order valence-corrected chi connectivity index (χ3v) is 6.35. The first-order valence-electron chi connectivity index (χ1n) is 9.99. The molecule has 148 valence electrons. The summed E-state index contributed by atoms with van der Waals surface area (Å²) in [5.41, 5.74) is 1.99. The van der Waals surface area contributed by atoms with Crippen molar-refractivity contribution < 1.29 is 4.79 Å². The van der Waals surface area contributed by atoms with Gasteiger partial charge in [0.05, 0.1) is 11.9 Å². The second kappa shape index (κ2) is 8.82. The summed E-state index contributed by atoms with van der Waals surface area (Å²) in [5, 5.41) is 3.09. The molecular weight excluding hydrogens is 370 g/mol. The number of carbonyl (C=O) groups is 1. The zero-order chi connectivity index (χ0) is 19.3. The third-order valence-electron chi connectivity index (χ3n) is 5.62. The van der Waals surface area contributed by atoms with Crippen LogP contribution in [0.1, 0.15) is 25.7 Å². The summed E-state index contributed by atoms with van der Waals surface area (Å²) in [6.45, 7) is 3.85. The van der Waals surface area contributed by atoms with E-state index in [2.05, 4.69) is 31.2 Å². The van der Waals surface area contributed by atoms with E-state index in [9.17, 15) is 4.79 Å². The number of nitrogens with one attached hydrogen (secondary N) is 1. The zero-order valence-corrected chi connectivity index (χ0v) is 17.1. The molecule has 2 aromatic rings. The Balaban J connectivity index is 1.37. The highest BCUT2D eigenvalue weighted by atomic mass is 32.2. The van der Waals surface area contributed by atoms with Gasteiger partial charge in [0, 0.05) is 42.7 Å². The Hall–Kier alpha value is -2.28. The minimum atomic E-state index is 0.0500. The van der Waals surface area contributed by atoms with Crippen LogP contribution in [0.5, 0.6) is 0 Å². The van der Waals surface area contributed by atoms with Gasteiger partial charge in [0.2, 0.25) is 5.91 Å². The predicted octanol–water partition coefficient (Wildman–Crippen LogP) is 3.65. The average molecular weight is 398 g/mol. The summed E-state index contributed by atoms with van der Waals surface area (Å²) in [6.07, 6.45) is 9.76. The van der Waals surface area contributed by atoms with Crippen LogP contribution in [0.3, 0.4) is 0 Å². The molecule has 2 fully saturated rings. The van der Waals surface area contributed by atoms with Crippen LogP contribution < -0.4 is 15.1 Å². The van der Waals surface area contributed by atoms with Crippen LogP contribution in [0.15, 0.2) is 41.7 Å². The van der Waals surface area contributed by atoms with Crippen molar-refractivity contribution in [2.24, 2.45) is 5.92 Å². The van der Waals surface area contributed by atoms with Crippen molar-refractivity contribution in [2.75, 3.05) is 47.6 Å². The van der Waals surface area contributed by atoms with Gasteiger partial charge in [-0.25, -0.2) is 9.97 Å². The number of aromatic nitrogens is 2. The first-order valence-corrected chi connectivity index (χ1v) is 11.2. The van der Waals surface area contributed by atoms with E-state index in [0.717, 1.165) is 61.1 Å². The number of nitrogens with zero attached hydrogens (tertiary/aromatic N) is 4. The fourth-order valence-corrected chi connectivity index (χ4v) is 4.50. The molecule has 0 unspecified atom stereocenters. The second-order valence-corrected chi connectivity index (χ2v) is 8.29. The molecule has 0 saturated carbocycles. The summed E-state index contributed by atoms with van der Waals surface area (Å²) >= 11 is 1.68. The van der Waals surface area contributed by atoms with Crippen molar-refractivity contribution >= 4 is 34.9 Å². The first kappa shape index (κ1) is 19.1. The lowest BCUT2D eigenvalue weighted by Crippen LogP contribution is -2.39. The molecule has 0 spiro atoms. The number of amides is 1. The Labute approximate surface area is 170 Å². The number of piperidine rings is 1. The van der Waals surface area contributed by atoms with E-state index in [1.165, 1.54) is 12.8 Å².